The van der Waals surface area contributed by atoms with Gasteiger partial charge in [-0.2, -0.15) is 0 Å². The van der Waals surface area contributed by atoms with Crippen LogP contribution in [0.15, 0.2) is 45.3 Å². The van der Waals surface area contributed by atoms with Crippen LogP contribution in [0.5, 0.6) is 5.75 Å². The van der Waals surface area contributed by atoms with Crippen molar-refractivity contribution in [2.45, 2.75) is 13.3 Å². The molecule has 5 heteroatoms. The first-order valence-corrected chi connectivity index (χ1v) is 8.04. The van der Waals surface area contributed by atoms with E-state index in [1.54, 1.807) is 30.3 Å². The van der Waals surface area contributed by atoms with Crippen molar-refractivity contribution in [2.75, 3.05) is 6.61 Å². The number of benzene rings is 2. The summed E-state index contributed by atoms with van der Waals surface area (Å²) in [5.41, 5.74) is 0.433. The van der Waals surface area contributed by atoms with Crippen molar-refractivity contribution >= 4 is 37.6 Å². The van der Waals surface area contributed by atoms with Crippen LogP contribution in [0.1, 0.15) is 29.3 Å². The SMILES string of the molecule is CCCOc1ccc(C(=O)c2c(F)cccc2Br)cc1Br. The third kappa shape index (κ3) is 3.71. The molecule has 0 fully saturated rings. The largest absolute Gasteiger partial charge is 0.492 e. The second-order valence-corrected chi connectivity index (χ2v) is 6.13. The fourth-order valence-corrected chi connectivity index (χ4v) is 2.85. The number of halogens is 3. The minimum Gasteiger partial charge on any atom is -0.492 e. The first-order valence-electron chi connectivity index (χ1n) is 6.45. The van der Waals surface area contributed by atoms with Crippen LogP contribution in [0.25, 0.3) is 0 Å². The Morgan fingerprint density at radius 1 is 1.19 bits per heavy atom. The average molecular weight is 416 g/mol. The van der Waals surface area contributed by atoms with E-state index >= 15 is 0 Å². The first-order chi connectivity index (χ1) is 10.0. The molecular weight excluding hydrogens is 403 g/mol. The minimum absolute atomic E-state index is 0.0339. The molecule has 0 aliphatic rings. The molecule has 0 unspecified atom stereocenters. The van der Waals surface area contributed by atoms with E-state index in [2.05, 4.69) is 31.9 Å². The van der Waals surface area contributed by atoms with Gasteiger partial charge >= 0.3 is 0 Å². The standard InChI is InChI=1S/C16H13Br2FO2/c1-2-8-21-14-7-6-10(9-12(14)18)16(20)15-11(17)4-3-5-13(15)19/h3-7,9H,2,8H2,1H3. The number of ketones is 1. The summed E-state index contributed by atoms with van der Waals surface area (Å²) < 4.78 is 20.5. The summed E-state index contributed by atoms with van der Waals surface area (Å²) in [6.07, 6.45) is 0.898. The van der Waals surface area contributed by atoms with Gasteiger partial charge in [0.1, 0.15) is 11.6 Å². The molecular formula is C16H13Br2FO2. The maximum atomic E-state index is 13.8. The van der Waals surface area contributed by atoms with Crippen LogP contribution in [-0.4, -0.2) is 12.4 Å². The van der Waals surface area contributed by atoms with Gasteiger partial charge in [0.15, 0.2) is 5.78 Å². The highest BCUT2D eigenvalue weighted by Gasteiger charge is 2.18. The van der Waals surface area contributed by atoms with Crippen LogP contribution < -0.4 is 4.74 Å². The van der Waals surface area contributed by atoms with E-state index in [9.17, 15) is 9.18 Å². The molecule has 0 N–H and O–H groups in total. The van der Waals surface area contributed by atoms with Crippen molar-refractivity contribution in [1.29, 1.82) is 0 Å². The van der Waals surface area contributed by atoms with Crippen molar-refractivity contribution in [3.63, 3.8) is 0 Å². The average Bonchev–Trinajstić information content (AvgIpc) is 2.45. The Balaban J connectivity index is 2.34. The molecule has 0 bridgehead atoms. The Morgan fingerprint density at radius 2 is 1.95 bits per heavy atom. The lowest BCUT2D eigenvalue weighted by atomic mass is 10.0. The predicted octanol–water partition coefficient (Wildman–Crippen LogP) is 5.37. The zero-order valence-corrected chi connectivity index (χ0v) is 14.5. The number of hydrogen-bond acceptors (Lipinski definition) is 2. The third-order valence-electron chi connectivity index (χ3n) is 2.85. The fraction of sp³-hybridized carbons (Fsp3) is 0.188. The minimum atomic E-state index is -0.545. The molecule has 110 valence electrons. The molecule has 21 heavy (non-hydrogen) atoms. The van der Waals surface area contributed by atoms with Gasteiger partial charge in [0, 0.05) is 10.0 Å². The molecule has 0 aromatic heterocycles. The second-order valence-electron chi connectivity index (χ2n) is 4.42. The molecule has 2 rings (SSSR count). The van der Waals surface area contributed by atoms with Crippen LogP contribution in [0.4, 0.5) is 4.39 Å². The summed E-state index contributed by atoms with van der Waals surface area (Å²) >= 11 is 6.59. The van der Waals surface area contributed by atoms with Crippen LogP contribution >= 0.6 is 31.9 Å². The zero-order valence-electron chi connectivity index (χ0n) is 11.3. The highest BCUT2D eigenvalue weighted by atomic mass is 79.9. The summed E-state index contributed by atoms with van der Waals surface area (Å²) in [5, 5.41) is 0. The summed E-state index contributed by atoms with van der Waals surface area (Å²) in [6, 6.07) is 9.45. The molecule has 0 saturated carbocycles. The molecule has 0 aliphatic carbocycles. The normalized spacial score (nSPS) is 10.5. The Hall–Kier alpha value is -1.20. The van der Waals surface area contributed by atoms with E-state index in [4.69, 9.17) is 4.74 Å². The van der Waals surface area contributed by atoms with E-state index in [1.165, 1.54) is 6.07 Å². The molecule has 2 aromatic rings. The summed E-state index contributed by atoms with van der Waals surface area (Å²) in [6.45, 7) is 2.62. The van der Waals surface area contributed by atoms with E-state index in [0.717, 1.165) is 6.42 Å². The Bertz CT molecular complexity index is 651. The Labute approximate surface area is 139 Å². The highest BCUT2D eigenvalue weighted by molar-refractivity contribution is 9.10. The lowest BCUT2D eigenvalue weighted by Crippen LogP contribution is -2.06. The summed E-state index contributed by atoms with van der Waals surface area (Å²) in [4.78, 5) is 12.4. The quantitative estimate of drug-likeness (QED) is 0.613. The van der Waals surface area contributed by atoms with Crippen molar-refractivity contribution in [2.24, 2.45) is 0 Å². The van der Waals surface area contributed by atoms with Gasteiger partial charge in [-0.1, -0.05) is 13.0 Å². The van der Waals surface area contributed by atoms with E-state index < -0.39 is 5.82 Å². The van der Waals surface area contributed by atoms with Gasteiger partial charge in [0.25, 0.3) is 0 Å². The first kappa shape index (κ1) is 16.2. The Kier molecular flexibility index (Phi) is 5.53. The van der Waals surface area contributed by atoms with Crippen molar-refractivity contribution in [3.8, 4) is 5.75 Å². The van der Waals surface area contributed by atoms with Crippen LogP contribution in [0.2, 0.25) is 0 Å². The molecule has 0 amide bonds. The lowest BCUT2D eigenvalue weighted by molar-refractivity contribution is 0.103. The second kappa shape index (κ2) is 7.18. The number of rotatable bonds is 5. The molecule has 0 aliphatic heterocycles. The van der Waals surface area contributed by atoms with Gasteiger partial charge in [-0.3, -0.25) is 4.79 Å². The van der Waals surface area contributed by atoms with Gasteiger partial charge in [-0.25, -0.2) is 4.39 Å². The van der Waals surface area contributed by atoms with Crippen molar-refractivity contribution in [3.05, 3.63) is 62.3 Å². The Morgan fingerprint density at radius 3 is 2.57 bits per heavy atom. The zero-order chi connectivity index (χ0) is 15.4. The molecule has 2 nitrogen and oxygen atoms in total. The molecule has 0 heterocycles. The number of carbonyl (C=O) groups excluding carboxylic acids is 1. The van der Waals surface area contributed by atoms with Crippen LogP contribution in [-0.2, 0) is 0 Å². The van der Waals surface area contributed by atoms with Gasteiger partial charge in [-0.05, 0) is 68.6 Å². The van der Waals surface area contributed by atoms with Crippen LogP contribution in [0, 0.1) is 5.82 Å². The highest BCUT2D eigenvalue weighted by Crippen LogP contribution is 2.29. The number of hydrogen-bond donors (Lipinski definition) is 0. The monoisotopic (exact) mass is 414 g/mol. The van der Waals surface area contributed by atoms with Gasteiger partial charge in [-0.15, -0.1) is 0 Å². The predicted molar refractivity (Wildman–Crippen MR) is 87.5 cm³/mol. The maximum absolute atomic E-state index is 13.8. The van der Waals surface area contributed by atoms with Crippen LogP contribution in [0.3, 0.4) is 0 Å². The van der Waals surface area contributed by atoms with Gasteiger partial charge in [0.05, 0.1) is 16.6 Å². The van der Waals surface area contributed by atoms with E-state index in [1.807, 2.05) is 6.92 Å². The molecule has 0 atom stereocenters. The third-order valence-corrected chi connectivity index (χ3v) is 4.13. The molecule has 0 saturated heterocycles. The van der Waals surface area contributed by atoms with E-state index in [0.29, 0.717) is 26.9 Å². The molecule has 0 spiro atoms. The smallest absolute Gasteiger partial charge is 0.197 e. The number of carbonyl (C=O) groups is 1. The maximum Gasteiger partial charge on any atom is 0.197 e. The van der Waals surface area contributed by atoms with E-state index in [-0.39, 0.29) is 11.3 Å². The summed E-state index contributed by atoms with van der Waals surface area (Å²) in [5.74, 6) is -0.250. The van der Waals surface area contributed by atoms with Gasteiger partial charge in [0.2, 0.25) is 0 Å². The molecule has 0 radical (unpaired) electrons. The lowest BCUT2D eigenvalue weighted by Gasteiger charge is -2.09. The number of ether oxygens (including phenoxy) is 1. The van der Waals surface area contributed by atoms with Crippen molar-refractivity contribution < 1.29 is 13.9 Å². The topological polar surface area (TPSA) is 26.3 Å². The summed E-state index contributed by atoms with van der Waals surface area (Å²) in [7, 11) is 0. The molecule has 2 aromatic carbocycles. The van der Waals surface area contributed by atoms with Gasteiger partial charge < -0.3 is 4.74 Å². The van der Waals surface area contributed by atoms with Crippen molar-refractivity contribution in [1.82, 2.24) is 0 Å². The fourth-order valence-electron chi connectivity index (χ4n) is 1.83.